The summed E-state index contributed by atoms with van der Waals surface area (Å²) in [4.78, 5) is 0. The highest BCUT2D eigenvalue weighted by atomic mass is 32.3. The molecule has 0 radical (unpaired) electrons. The van der Waals surface area contributed by atoms with Crippen molar-refractivity contribution >= 4 is 23.8 Å². The second kappa shape index (κ2) is 3.61. The van der Waals surface area contributed by atoms with Crippen molar-refractivity contribution in [2.45, 2.75) is 19.6 Å². The fourth-order valence-electron chi connectivity index (χ4n) is 1.16. The van der Waals surface area contributed by atoms with Crippen LogP contribution in [0.1, 0.15) is 0 Å². The average Bonchev–Trinajstić information content (AvgIpc) is 2.25. The third-order valence-electron chi connectivity index (χ3n) is 1.70. The van der Waals surface area contributed by atoms with Crippen LogP contribution in [0.2, 0.25) is 19.6 Å². The Morgan fingerprint density at radius 3 is 2.40 bits per heavy atom. The van der Waals surface area contributed by atoms with Crippen molar-refractivity contribution in [2.75, 3.05) is 0 Å². The van der Waals surface area contributed by atoms with E-state index in [1.807, 2.05) is 19.6 Å². The summed E-state index contributed by atoms with van der Waals surface area (Å²) in [6.07, 6.45) is 1.43. The molecule has 0 atom stereocenters. The maximum atomic E-state index is 10.6. The van der Waals surface area contributed by atoms with E-state index in [0.717, 1.165) is 0 Å². The summed E-state index contributed by atoms with van der Waals surface area (Å²) >= 11 is 0. The zero-order valence-corrected chi connectivity index (χ0v) is 10.9. The van der Waals surface area contributed by atoms with E-state index in [1.165, 1.54) is 10.9 Å². The maximum Gasteiger partial charge on any atom is 0.446 e. The van der Waals surface area contributed by atoms with Gasteiger partial charge in [-0.05, 0) is 0 Å². The number of nitrogens with zero attached hydrogens (tertiary/aromatic N) is 2. The molecule has 86 valence electrons. The van der Waals surface area contributed by atoms with Crippen LogP contribution in [0.15, 0.2) is 6.20 Å². The molecule has 1 aromatic rings. The minimum atomic E-state index is -4.48. The third kappa shape index (κ3) is 3.32. The summed E-state index contributed by atoms with van der Waals surface area (Å²) < 4.78 is 35.7. The van der Waals surface area contributed by atoms with Gasteiger partial charge in [-0.1, -0.05) is 19.6 Å². The highest BCUT2D eigenvalue weighted by Crippen LogP contribution is 2.14. The van der Waals surface area contributed by atoms with Gasteiger partial charge in [-0.3, -0.25) is 9.23 Å². The molecular weight excluding hydrogens is 236 g/mol. The lowest BCUT2D eigenvalue weighted by atomic mass is 10.7. The quantitative estimate of drug-likeness (QED) is 0.610. The van der Waals surface area contributed by atoms with E-state index in [-0.39, 0.29) is 5.75 Å². The highest BCUT2D eigenvalue weighted by molar-refractivity contribution is 7.81. The Balaban J connectivity index is 3.19. The molecule has 0 aliphatic carbocycles. The first-order chi connectivity index (χ1) is 6.59. The molecule has 0 saturated carbocycles. The molecule has 15 heavy (non-hydrogen) atoms. The molecule has 8 heteroatoms. The molecule has 0 bridgehead atoms. The van der Waals surface area contributed by atoms with E-state index in [1.54, 1.807) is 7.05 Å². The number of aryl methyl sites for hydroxylation is 1. The van der Waals surface area contributed by atoms with E-state index < -0.39 is 18.5 Å². The van der Waals surface area contributed by atoms with Gasteiger partial charge in [0.1, 0.15) is 8.07 Å². The molecule has 0 aromatic carbocycles. The number of rotatable bonds is 3. The minimum Gasteiger partial charge on any atom is -0.359 e. The lowest BCUT2D eigenvalue weighted by molar-refractivity contribution is 0.387. The van der Waals surface area contributed by atoms with E-state index in [2.05, 4.69) is 9.28 Å². The van der Waals surface area contributed by atoms with Gasteiger partial charge in [0.15, 0.2) is 5.75 Å². The molecule has 1 aromatic heterocycles. The van der Waals surface area contributed by atoms with Crippen LogP contribution in [-0.4, -0.2) is 30.8 Å². The summed E-state index contributed by atoms with van der Waals surface area (Å²) in [5, 5.41) is 4.76. The Hall–Kier alpha value is -0.863. The average molecular weight is 250 g/mol. The maximum absolute atomic E-state index is 10.6. The molecule has 1 rings (SSSR count). The molecule has 0 spiro atoms. The standard InChI is InChI=1S/C7H14N2O4SSi/c1-9-5-6(13-14(10,11)12)7(8-9)15(2,3)4/h5H,1-4H3,(H,10,11,12). The monoisotopic (exact) mass is 250 g/mol. The summed E-state index contributed by atoms with van der Waals surface area (Å²) in [5.41, 5.74) is 0. The predicted octanol–water partition coefficient (Wildman–Crippen LogP) is 0.147. The molecule has 1 heterocycles. The van der Waals surface area contributed by atoms with Crippen molar-refractivity contribution in [2.24, 2.45) is 7.05 Å². The first kappa shape index (κ1) is 12.2. The fraction of sp³-hybridized carbons (Fsp3) is 0.571. The lowest BCUT2D eigenvalue weighted by Crippen LogP contribution is -2.40. The smallest absolute Gasteiger partial charge is 0.359 e. The first-order valence-corrected chi connectivity index (χ1v) is 9.17. The van der Waals surface area contributed by atoms with Crippen molar-refractivity contribution in [3.05, 3.63) is 6.20 Å². The van der Waals surface area contributed by atoms with E-state index in [4.69, 9.17) is 4.55 Å². The fourth-order valence-corrected chi connectivity index (χ4v) is 2.90. The van der Waals surface area contributed by atoms with Gasteiger partial charge in [-0.2, -0.15) is 13.5 Å². The largest absolute Gasteiger partial charge is 0.446 e. The van der Waals surface area contributed by atoms with Gasteiger partial charge >= 0.3 is 10.4 Å². The van der Waals surface area contributed by atoms with Gasteiger partial charge in [-0.15, -0.1) is 0 Å². The molecule has 0 fully saturated rings. The van der Waals surface area contributed by atoms with E-state index >= 15 is 0 Å². The topological polar surface area (TPSA) is 81.4 Å². The van der Waals surface area contributed by atoms with Crippen LogP contribution in [-0.2, 0) is 17.4 Å². The Morgan fingerprint density at radius 1 is 1.47 bits per heavy atom. The molecule has 0 aliphatic heterocycles. The van der Waals surface area contributed by atoms with E-state index in [9.17, 15) is 8.42 Å². The molecule has 0 saturated heterocycles. The second-order valence-corrected chi connectivity index (χ2v) is 10.3. The Bertz CT molecular complexity index is 460. The van der Waals surface area contributed by atoms with Gasteiger partial charge in [0, 0.05) is 7.05 Å². The van der Waals surface area contributed by atoms with Crippen LogP contribution >= 0.6 is 0 Å². The van der Waals surface area contributed by atoms with Gasteiger partial charge in [0.2, 0.25) is 0 Å². The zero-order valence-electron chi connectivity index (χ0n) is 9.05. The number of hydrogen-bond acceptors (Lipinski definition) is 4. The number of aromatic nitrogens is 2. The summed E-state index contributed by atoms with van der Waals surface area (Å²) in [6, 6.07) is 0. The summed E-state index contributed by atoms with van der Waals surface area (Å²) in [7, 11) is -4.60. The second-order valence-electron chi connectivity index (χ2n) is 4.28. The third-order valence-corrected chi connectivity index (χ3v) is 3.86. The molecular formula is C7H14N2O4SSi. The Kier molecular flexibility index (Phi) is 2.94. The van der Waals surface area contributed by atoms with Crippen molar-refractivity contribution in [1.82, 2.24) is 9.78 Å². The predicted molar refractivity (Wildman–Crippen MR) is 58.4 cm³/mol. The van der Waals surface area contributed by atoms with Gasteiger partial charge < -0.3 is 4.18 Å². The Morgan fingerprint density at radius 2 is 2.00 bits per heavy atom. The van der Waals surface area contributed by atoms with Crippen LogP contribution < -0.4 is 9.50 Å². The van der Waals surface area contributed by atoms with Gasteiger partial charge in [-0.25, -0.2) is 0 Å². The molecule has 6 nitrogen and oxygen atoms in total. The van der Waals surface area contributed by atoms with Gasteiger partial charge in [0.25, 0.3) is 0 Å². The van der Waals surface area contributed by atoms with Crippen molar-refractivity contribution in [1.29, 1.82) is 0 Å². The van der Waals surface area contributed by atoms with Crippen LogP contribution in [0, 0.1) is 0 Å². The molecule has 0 aliphatic rings. The van der Waals surface area contributed by atoms with Crippen molar-refractivity contribution < 1.29 is 17.2 Å². The van der Waals surface area contributed by atoms with Crippen LogP contribution in [0.5, 0.6) is 5.75 Å². The lowest BCUT2D eigenvalue weighted by Gasteiger charge is -2.13. The Labute approximate surface area is 89.8 Å². The molecule has 0 unspecified atom stereocenters. The first-order valence-electron chi connectivity index (χ1n) is 4.30. The number of hydrogen-bond donors (Lipinski definition) is 1. The summed E-state index contributed by atoms with van der Waals surface area (Å²) in [6.45, 7) is 6.02. The SMILES string of the molecule is Cn1cc(OS(=O)(=O)O)c([Si](C)(C)C)n1. The van der Waals surface area contributed by atoms with E-state index in [0.29, 0.717) is 5.32 Å². The van der Waals surface area contributed by atoms with Crippen LogP contribution in [0.25, 0.3) is 0 Å². The summed E-state index contributed by atoms with van der Waals surface area (Å²) in [5.74, 6) is 0.110. The minimum absolute atomic E-state index is 0.110. The molecule has 1 N–H and O–H groups in total. The van der Waals surface area contributed by atoms with Gasteiger partial charge in [0.05, 0.1) is 11.5 Å². The van der Waals surface area contributed by atoms with Crippen LogP contribution in [0.4, 0.5) is 0 Å². The zero-order chi connectivity index (χ0) is 11.9. The molecule has 0 amide bonds. The van der Waals surface area contributed by atoms with Crippen molar-refractivity contribution in [3.63, 3.8) is 0 Å². The normalized spacial score (nSPS) is 12.9. The van der Waals surface area contributed by atoms with Crippen molar-refractivity contribution in [3.8, 4) is 5.75 Å². The van der Waals surface area contributed by atoms with Crippen LogP contribution in [0.3, 0.4) is 0 Å². The highest BCUT2D eigenvalue weighted by Gasteiger charge is 2.27.